The summed E-state index contributed by atoms with van der Waals surface area (Å²) < 4.78 is 46.0. The fraction of sp³-hybridized carbons (Fsp3) is 0.385. The van der Waals surface area contributed by atoms with E-state index < -0.39 is 6.36 Å². The van der Waals surface area contributed by atoms with Crippen molar-refractivity contribution < 1.29 is 22.3 Å². The Hall–Kier alpha value is -1.69. The number of halogens is 3. The molecule has 1 N–H and O–H groups in total. The van der Waals surface area contributed by atoms with Crippen LogP contribution in [0.2, 0.25) is 0 Å². The van der Waals surface area contributed by atoms with Gasteiger partial charge in [-0.05, 0) is 25.1 Å². The maximum absolute atomic E-state index is 12.2. The van der Waals surface area contributed by atoms with Crippen LogP contribution in [0.3, 0.4) is 0 Å². The van der Waals surface area contributed by atoms with Crippen molar-refractivity contribution in [2.45, 2.75) is 25.7 Å². The Morgan fingerprint density at radius 2 is 2.11 bits per heavy atom. The van der Waals surface area contributed by atoms with Gasteiger partial charge in [0.05, 0.1) is 0 Å². The molecule has 0 saturated carbocycles. The number of ether oxygens (including phenoxy) is 1. The number of benzene rings is 1. The summed E-state index contributed by atoms with van der Waals surface area (Å²) in [7, 11) is 0. The number of nitrogens with one attached hydrogen (secondary N) is 1. The van der Waals surface area contributed by atoms with E-state index in [-0.39, 0.29) is 5.75 Å². The predicted octanol–water partition coefficient (Wildman–Crippen LogP) is 3.37. The molecule has 1 aliphatic heterocycles. The molecule has 0 saturated heterocycles. The third-order valence-corrected chi connectivity index (χ3v) is 3.14. The number of furan rings is 1. The maximum Gasteiger partial charge on any atom is 0.573 e. The van der Waals surface area contributed by atoms with E-state index in [1.54, 1.807) is 6.07 Å². The van der Waals surface area contributed by atoms with Gasteiger partial charge in [0.25, 0.3) is 0 Å². The second-order valence-corrected chi connectivity index (χ2v) is 4.49. The van der Waals surface area contributed by atoms with Crippen molar-refractivity contribution in [1.82, 2.24) is 5.32 Å². The van der Waals surface area contributed by atoms with Gasteiger partial charge < -0.3 is 14.5 Å². The van der Waals surface area contributed by atoms with Crippen LogP contribution in [0.15, 0.2) is 22.6 Å². The van der Waals surface area contributed by atoms with Gasteiger partial charge in [-0.3, -0.25) is 0 Å². The number of aryl methyl sites for hydroxylation is 1. The lowest BCUT2D eigenvalue weighted by molar-refractivity contribution is -0.274. The van der Waals surface area contributed by atoms with Crippen LogP contribution in [0, 0.1) is 0 Å². The highest BCUT2D eigenvalue weighted by molar-refractivity contribution is 5.83. The van der Waals surface area contributed by atoms with Crippen LogP contribution in [0.1, 0.15) is 17.7 Å². The van der Waals surface area contributed by atoms with Gasteiger partial charge in [0.1, 0.15) is 17.1 Å². The summed E-state index contributed by atoms with van der Waals surface area (Å²) in [5.74, 6) is 0.598. The minimum absolute atomic E-state index is 0.253. The van der Waals surface area contributed by atoms with E-state index in [4.69, 9.17) is 4.42 Å². The maximum atomic E-state index is 12.2. The first-order valence-electron chi connectivity index (χ1n) is 6.04. The lowest BCUT2D eigenvalue weighted by Crippen LogP contribution is -2.17. The van der Waals surface area contributed by atoms with E-state index in [1.165, 1.54) is 12.1 Å². The van der Waals surface area contributed by atoms with Crippen LogP contribution in [0.5, 0.6) is 5.75 Å². The van der Waals surface area contributed by atoms with Crippen molar-refractivity contribution in [3.8, 4) is 5.75 Å². The number of fused-ring (bicyclic) bond motifs is 3. The molecule has 0 aliphatic carbocycles. The number of hydrogen-bond acceptors (Lipinski definition) is 3. The molecule has 2 aromatic rings. The zero-order valence-corrected chi connectivity index (χ0v) is 10.0. The quantitative estimate of drug-likeness (QED) is 0.863. The van der Waals surface area contributed by atoms with Gasteiger partial charge in [-0.2, -0.15) is 0 Å². The Labute approximate surface area is 107 Å². The number of rotatable bonds is 1. The first kappa shape index (κ1) is 12.3. The summed E-state index contributed by atoms with van der Waals surface area (Å²) in [5, 5.41) is 4.11. The average molecular weight is 271 g/mol. The summed E-state index contributed by atoms with van der Waals surface area (Å²) in [6.07, 6.45) is -2.93. The van der Waals surface area contributed by atoms with Crippen LogP contribution >= 0.6 is 0 Å². The van der Waals surface area contributed by atoms with Crippen LogP contribution in [-0.2, 0) is 13.0 Å². The van der Waals surface area contributed by atoms with Gasteiger partial charge >= 0.3 is 6.36 Å². The van der Waals surface area contributed by atoms with E-state index in [2.05, 4.69) is 10.1 Å². The van der Waals surface area contributed by atoms with Crippen LogP contribution in [0.4, 0.5) is 13.2 Å². The molecule has 1 aromatic heterocycles. The molecule has 0 radical (unpaired) electrons. The van der Waals surface area contributed by atoms with Crippen molar-refractivity contribution >= 4 is 11.0 Å². The molecule has 19 heavy (non-hydrogen) atoms. The molecule has 0 bridgehead atoms. The molecule has 2 heterocycles. The van der Waals surface area contributed by atoms with Crippen molar-refractivity contribution in [3.63, 3.8) is 0 Å². The Bertz CT molecular complexity index is 604. The lowest BCUT2D eigenvalue weighted by atomic mass is 10.1. The molecule has 0 amide bonds. The van der Waals surface area contributed by atoms with E-state index in [9.17, 15) is 13.2 Å². The molecular weight excluding hydrogens is 259 g/mol. The van der Waals surface area contributed by atoms with Gasteiger partial charge in [-0.1, -0.05) is 0 Å². The molecule has 1 aliphatic rings. The van der Waals surface area contributed by atoms with Crippen molar-refractivity contribution in [3.05, 3.63) is 29.5 Å². The molecular formula is C13H12F3NO2. The first-order chi connectivity index (χ1) is 9.03. The standard InChI is InChI=1S/C13H12F3NO2/c14-13(15,16)19-8-3-4-9-10-7-17-5-1-2-11(10)18-12(9)6-8/h3-4,6,17H,1-2,5,7H2. The Morgan fingerprint density at radius 1 is 1.26 bits per heavy atom. The zero-order chi connectivity index (χ0) is 13.5. The summed E-state index contributed by atoms with van der Waals surface area (Å²) in [4.78, 5) is 0. The topological polar surface area (TPSA) is 34.4 Å². The third-order valence-electron chi connectivity index (χ3n) is 3.14. The first-order valence-corrected chi connectivity index (χ1v) is 6.04. The fourth-order valence-electron chi connectivity index (χ4n) is 2.36. The molecule has 0 atom stereocenters. The van der Waals surface area contributed by atoms with Crippen LogP contribution in [-0.4, -0.2) is 12.9 Å². The Balaban J connectivity index is 2.01. The number of hydrogen-bond donors (Lipinski definition) is 1. The van der Waals surface area contributed by atoms with E-state index >= 15 is 0 Å². The van der Waals surface area contributed by atoms with Gasteiger partial charge in [0, 0.05) is 30.0 Å². The third kappa shape index (κ3) is 2.53. The van der Waals surface area contributed by atoms with E-state index in [0.29, 0.717) is 12.1 Å². The molecule has 1 aromatic carbocycles. The number of alkyl halides is 3. The second-order valence-electron chi connectivity index (χ2n) is 4.49. The van der Waals surface area contributed by atoms with Gasteiger partial charge in [-0.15, -0.1) is 13.2 Å². The van der Waals surface area contributed by atoms with Crippen molar-refractivity contribution in [2.24, 2.45) is 0 Å². The highest BCUT2D eigenvalue weighted by Crippen LogP contribution is 2.32. The molecule has 6 heteroatoms. The van der Waals surface area contributed by atoms with Crippen molar-refractivity contribution in [2.75, 3.05) is 6.54 Å². The predicted molar refractivity (Wildman–Crippen MR) is 62.9 cm³/mol. The summed E-state index contributed by atoms with van der Waals surface area (Å²) in [5.41, 5.74) is 1.47. The highest BCUT2D eigenvalue weighted by Gasteiger charge is 2.31. The largest absolute Gasteiger partial charge is 0.573 e. The summed E-state index contributed by atoms with van der Waals surface area (Å²) in [6, 6.07) is 4.22. The van der Waals surface area contributed by atoms with Gasteiger partial charge in [0.15, 0.2) is 0 Å². The smallest absolute Gasteiger partial charge is 0.461 e. The molecule has 3 nitrogen and oxygen atoms in total. The highest BCUT2D eigenvalue weighted by atomic mass is 19.4. The minimum atomic E-state index is -4.68. The normalized spacial score (nSPS) is 16.2. The Morgan fingerprint density at radius 3 is 2.89 bits per heavy atom. The monoisotopic (exact) mass is 271 g/mol. The van der Waals surface area contributed by atoms with Crippen molar-refractivity contribution in [1.29, 1.82) is 0 Å². The molecule has 0 unspecified atom stereocenters. The fourth-order valence-corrected chi connectivity index (χ4v) is 2.36. The summed E-state index contributed by atoms with van der Waals surface area (Å²) in [6.45, 7) is 1.60. The van der Waals surface area contributed by atoms with Crippen LogP contribution in [0.25, 0.3) is 11.0 Å². The average Bonchev–Trinajstić information content (AvgIpc) is 2.50. The molecule has 102 valence electrons. The van der Waals surface area contributed by atoms with Gasteiger partial charge in [-0.25, -0.2) is 0 Å². The lowest BCUT2D eigenvalue weighted by Gasteiger charge is -2.08. The van der Waals surface area contributed by atoms with Crippen LogP contribution < -0.4 is 10.1 Å². The molecule has 0 fully saturated rings. The molecule has 3 rings (SSSR count). The SMILES string of the molecule is FC(F)(F)Oc1ccc2c3c(oc2c1)CCCNC3. The zero-order valence-electron chi connectivity index (χ0n) is 10.0. The molecule has 0 spiro atoms. The second kappa shape index (κ2) is 4.45. The Kier molecular flexibility index (Phi) is 2.89. The minimum Gasteiger partial charge on any atom is -0.461 e. The van der Waals surface area contributed by atoms with Gasteiger partial charge in [0.2, 0.25) is 0 Å². The summed E-state index contributed by atoms with van der Waals surface area (Å²) >= 11 is 0. The van der Waals surface area contributed by atoms with E-state index in [1.807, 2.05) is 0 Å². The van der Waals surface area contributed by atoms with E-state index in [0.717, 1.165) is 36.1 Å².